The summed E-state index contributed by atoms with van der Waals surface area (Å²) in [7, 11) is 0. The molecule has 0 spiro atoms. The standard InChI is InChI=1S/C6H13NO3S/c7-5(3-6(8)9)4-10-1-2-11/h5,11H,1-4,7H2,(H,8,9)/t5-/m0/s1. The number of carbonyl (C=O) groups is 1. The van der Waals surface area contributed by atoms with Gasteiger partial charge in [-0.1, -0.05) is 0 Å². The summed E-state index contributed by atoms with van der Waals surface area (Å²) in [5.74, 6) is -0.272. The fraction of sp³-hybridized carbons (Fsp3) is 0.833. The second-order valence-corrected chi connectivity index (χ2v) is 2.60. The Morgan fingerprint density at radius 1 is 1.73 bits per heavy atom. The lowest BCUT2D eigenvalue weighted by Gasteiger charge is -2.07. The zero-order valence-corrected chi connectivity index (χ0v) is 7.09. The van der Waals surface area contributed by atoms with Gasteiger partial charge in [-0.15, -0.1) is 0 Å². The molecule has 4 nitrogen and oxygen atoms in total. The van der Waals surface area contributed by atoms with E-state index in [0.717, 1.165) is 0 Å². The van der Waals surface area contributed by atoms with E-state index in [9.17, 15) is 4.79 Å². The quantitative estimate of drug-likeness (QED) is 0.388. The predicted molar refractivity (Wildman–Crippen MR) is 44.9 cm³/mol. The number of aliphatic carboxylic acids is 1. The molecule has 0 rings (SSSR count). The largest absolute Gasteiger partial charge is 0.481 e. The van der Waals surface area contributed by atoms with Crippen LogP contribution in [0.4, 0.5) is 0 Å². The third kappa shape index (κ3) is 7.64. The first-order valence-corrected chi connectivity index (χ1v) is 3.96. The minimum atomic E-state index is -0.896. The van der Waals surface area contributed by atoms with E-state index in [0.29, 0.717) is 12.4 Å². The summed E-state index contributed by atoms with van der Waals surface area (Å²) in [5, 5.41) is 8.29. The Morgan fingerprint density at radius 2 is 2.36 bits per heavy atom. The van der Waals surface area contributed by atoms with Gasteiger partial charge in [0.2, 0.25) is 0 Å². The van der Waals surface area contributed by atoms with Crippen molar-refractivity contribution >= 4 is 18.6 Å². The lowest BCUT2D eigenvalue weighted by Crippen LogP contribution is -2.29. The van der Waals surface area contributed by atoms with E-state index in [1.54, 1.807) is 0 Å². The zero-order valence-electron chi connectivity index (χ0n) is 6.19. The van der Waals surface area contributed by atoms with E-state index in [1.807, 2.05) is 0 Å². The first kappa shape index (κ1) is 10.7. The van der Waals surface area contributed by atoms with Crippen molar-refractivity contribution in [1.82, 2.24) is 0 Å². The van der Waals surface area contributed by atoms with Gasteiger partial charge in [0.15, 0.2) is 0 Å². The van der Waals surface area contributed by atoms with E-state index in [1.165, 1.54) is 0 Å². The summed E-state index contributed by atoms with van der Waals surface area (Å²) in [6, 6.07) is -0.410. The second kappa shape index (κ2) is 6.45. The van der Waals surface area contributed by atoms with Crippen molar-refractivity contribution in [3.05, 3.63) is 0 Å². The minimum Gasteiger partial charge on any atom is -0.481 e. The van der Waals surface area contributed by atoms with Crippen LogP contribution in [0.5, 0.6) is 0 Å². The minimum absolute atomic E-state index is 0.0490. The molecule has 0 fully saturated rings. The summed E-state index contributed by atoms with van der Waals surface area (Å²) in [4.78, 5) is 10.1. The van der Waals surface area contributed by atoms with Crippen molar-refractivity contribution < 1.29 is 14.6 Å². The molecule has 0 saturated heterocycles. The summed E-state index contributed by atoms with van der Waals surface area (Å²) < 4.78 is 4.98. The van der Waals surface area contributed by atoms with Crippen LogP contribution in [0, 0.1) is 0 Å². The van der Waals surface area contributed by atoms with Crippen molar-refractivity contribution in [2.24, 2.45) is 5.73 Å². The molecule has 0 aromatic carbocycles. The summed E-state index contributed by atoms with van der Waals surface area (Å²) in [5.41, 5.74) is 5.38. The van der Waals surface area contributed by atoms with Gasteiger partial charge in [0.05, 0.1) is 19.6 Å². The molecule has 0 saturated carbocycles. The Labute approximate surface area is 71.1 Å². The molecule has 1 atom stereocenters. The van der Waals surface area contributed by atoms with Gasteiger partial charge in [0, 0.05) is 11.8 Å². The number of nitrogens with two attached hydrogens (primary N) is 1. The second-order valence-electron chi connectivity index (χ2n) is 2.16. The van der Waals surface area contributed by atoms with Crippen molar-refractivity contribution in [3.63, 3.8) is 0 Å². The summed E-state index contributed by atoms with van der Waals surface area (Å²) >= 11 is 3.91. The highest BCUT2D eigenvalue weighted by atomic mass is 32.1. The number of carboxylic acid groups (broad SMARTS) is 1. The summed E-state index contributed by atoms with van der Waals surface area (Å²) in [6.07, 6.45) is -0.0490. The zero-order chi connectivity index (χ0) is 8.69. The molecule has 66 valence electrons. The van der Waals surface area contributed by atoms with Crippen molar-refractivity contribution in [2.75, 3.05) is 19.0 Å². The number of thiol groups is 1. The number of hydrogen-bond donors (Lipinski definition) is 3. The highest BCUT2D eigenvalue weighted by Crippen LogP contribution is 1.89. The lowest BCUT2D eigenvalue weighted by molar-refractivity contribution is -0.137. The van der Waals surface area contributed by atoms with Crippen molar-refractivity contribution in [1.29, 1.82) is 0 Å². The Balaban J connectivity index is 3.22. The normalized spacial score (nSPS) is 12.9. The molecule has 0 amide bonds. The molecule has 5 heteroatoms. The topological polar surface area (TPSA) is 72.5 Å². The molecule has 0 aromatic heterocycles. The molecule has 3 N–H and O–H groups in total. The van der Waals surface area contributed by atoms with Crippen LogP contribution in [-0.2, 0) is 9.53 Å². The molecule has 0 aliphatic rings. The van der Waals surface area contributed by atoms with Crippen LogP contribution >= 0.6 is 12.6 Å². The molecule has 11 heavy (non-hydrogen) atoms. The third-order valence-corrected chi connectivity index (χ3v) is 1.19. The van der Waals surface area contributed by atoms with E-state index in [-0.39, 0.29) is 13.0 Å². The molecule has 0 aromatic rings. The first-order valence-electron chi connectivity index (χ1n) is 3.32. The highest BCUT2D eigenvalue weighted by Gasteiger charge is 2.06. The molecular weight excluding hydrogens is 166 g/mol. The molecule has 0 aliphatic carbocycles. The molecule has 0 unspecified atom stereocenters. The van der Waals surface area contributed by atoms with Gasteiger partial charge in [-0.3, -0.25) is 4.79 Å². The van der Waals surface area contributed by atoms with Crippen LogP contribution in [0.3, 0.4) is 0 Å². The maximum atomic E-state index is 10.1. The smallest absolute Gasteiger partial charge is 0.305 e. The van der Waals surface area contributed by atoms with Crippen molar-refractivity contribution in [3.8, 4) is 0 Å². The Bertz CT molecular complexity index is 120. The molecule has 0 heterocycles. The molecule has 0 radical (unpaired) electrons. The Hall–Kier alpha value is -0.260. The Morgan fingerprint density at radius 3 is 2.82 bits per heavy atom. The van der Waals surface area contributed by atoms with E-state index in [2.05, 4.69) is 12.6 Å². The van der Waals surface area contributed by atoms with Crippen LogP contribution in [0.1, 0.15) is 6.42 Å². The maximum absolute atomic E-state index is 10.1. The van der Waals surface area contributed by atoms with Crippen LogP contribution in [0.15, 0.2) is 0 Å². The number of rotatable bonds is 6. The maximum Gasteiger partial charge on any atom is 0.305 e. The molecule has 0 aliphatic heterocycles. The fourth-order valence-corrected chi connectivity index (χ4v) is 0.712. The lowest BCUT2D eigenvalue weighted by atomic mass is 10.2. The van der Waals surface area contributed by atoms with Crippen LogP contribution in [-0.4, -0.2) is 36.1 Å². The summed E-state index contributed by atoms with van der Waals surface area (Å²) in [6.45, 7) is 0.795. The SMILES string of the molecule is N[C@H](COCCS)CC(=O)O. The van der Waals surface area contributed by atoms with Crippen LogP contribution in [0.2, 0.25) is 0 Å². The van der Waals surface area contributed by atoms with Gasteiger partial charge in [-0.25, -0.2) is 0 Å². The van der Waals surface area contributed by atoms with Crippen molar-refractivity contribution in [2.45, 2.75) is 12.5 Å². The van der Waals surface area contributed by atoms with E-state index < -0.39 is 12.0 Å². The van der Waals surface area contributed by atoms with Gasteiger partial charge in [-0.05, 0) is 0 Å². The third-order valence-electron chi connectivity index (χ3n) is 1.00. The van der Waals surface area contributed by atoms with Gasteiger partial charge < -0.3 is 15.6 Å². The van der Waals surface area contributed by atoms with Crippen LogP contribution < -0.4 is 5.73 Å². The van der Waals surface area contributed by atoms with Gasteiger partial charge in [0.1, 0.15) is 0 Å². The number of carboxylic acids is 1. The number of ether oxygens (including phenoxy) is 1. The van der Waals surface area contributed by atoms with Gasteiger partial charge in [-0.2, -0.15) is 12.6 Å². The van der Waals surface area contributed by atoms with E-state index in [4.69, 9.17) is 15.6 Å². The Kier molecular flexibility index (Phi) is 6.30. The molecule has 0 bridgehead atoms. The average molecular weight is 179 g/mol. The van der Waals surface area contributed by atoms with E-state index >= 15 is 0 Å². The average Bonchev–Trinajstić information content (AvgIpc) is 1.86. The first-order chi connectivity index (χ1) is 5.16. The van der Waals surface area contributed by atoms with Gasteiger partial charge in [0.25, 0.3) is 0 Å². The fourth-order valence-electron chi connectivity index (χ4n) is 0.582. The monoisotopic (exact) mass is 179 g/mol. The highest BCUT2D eigenvalue weighted by molar-refractivity contribution is 7.80. The number of hydrogen-bond acceptors (Lipinski definition) is 4. The van der Waals surface area contributed by atoms with Crippen LogP contribution in [0.25, 0.3) is 0 Å². The predicted octanol–water partition coefficient (Wildman–Crippen LogP) is -0.265. The van der Waals surface area contributed by atoms with Gasteiger partial charge >= 0.3 is 5.97 Å². The molecular formula is C6H13NO3S.